The quantitative estimate of drug-likeness (QED) is 0.397. The third-order valence-corrected chi connectivity index (χ3v) is 5.52. The maximum absolute atomic E-state index is 4.88. The van der Waals surface area contributed by atoms with Gasteiger partial charge in [0.1, 0.15) is 11.3 Å². The first-order chi connectivity index (χ1) is 15.2. The second-order valence-corrected chi connectivity index (χ2v) is 7.66. The van der Waals surface area contributed by atoms with E-state index in [4.69, 9.17) is 4.98 Å². The Hall–Kier alpha value is -2.23. The van der Waals surface area contributed by atoms with E-state index in [1.165, 1.54) is 5.56 Å². The number of imidazole rings is 1. The molecule has 0 aliphatic heterocycles. The number of benzene rings is 2. The first-order valence-corrected chi connectivity index (χ1v) is 10.5. The molecule has 7 nitrogen and oxygen atoms in total. The molecule has 0 amide bonds. The van der Waals surface area contributed by atoms with Crippen LogP contribution in [0.1, 0.15) is 30.3 Å². The van der Waals surface area contributed by atoms with Crippen LogP contribution in [-0.4, -0.2) is 86.5 Å². The molecule has 1 N–H and O–H groups in total. The SMILES string of the molecule is CCCc1nc2c(C)ccnc2n1Cc1ccc(-c2ccccc2-c2nnn[nH]2)cc1.[KH]. The summed E-state index contributed by atoms with van der Waals surface area (Å²) in [5.41, 5.74) is 7.51. The number of nitrogens with one attached hydrogen (secondary N) is 1. The number of aryl methyl sites for hydroxylation is 2. The number of nitrogens with zero attached hydrogens (tertiary/aromatic N) is 6. The Bertz CT molecular complexity index is 1320. The molecular formula is C24H24KN7. The monoisotopic (exact) mass is 449 g/mol. The maximum atomic E-state index is 4.88. The fourth-order valence-electron chi connectivity index (χ4n) is 3.95. The Balaban J connectivity index is 0.00000245. The number of H-pyrrole nitrogens is 1. The number of pyridine rings is 1. The van der Waals surface area contributed by atoms with Gasteiger partial charge in [-0.25, -0.2) is 15.1 Å². The van der Waals surface area contributed by atoms with Gasteiger partial charge in [-0.3, -0.25) is 0 Å². The summed E-state index contributed by atoms with van der Waals surface area (Å²) < 4.78 is 2.25. The summed E-state index contributed by atoms with van der Waals surface area (Å²) in [6, 6.07) is 18.8. The van der Waals surface area contributed by atoms with E-state index in [1.807, 2.05) is 30.5 Å². The molecule has 156 valence electrons. The van der Waals surface area contributed by atoms with Crippen molar-refractivity contribution in [2.45, 2.75) is 33.2 Å². The molecule has 3 aromatic heterocycles. The molecule has 0 saturated heterocycles. The van der Waals surface area contributed by atoms with Crippen molar-refractivity contribution in [3.8, 4) is 22.5 Å². The molecule has 3 heterocycles. The van der Waals surface area contributed by atoms with Gasteiger partial charge in [-0.1, -0.05) is 55.5 Å². The summed E-state index contributed by atoms with van der Waals surface area (Å²) in [6.07, 6.45) is 3.85. The zero-order valence-electron chi connectivity index (χ0n) is 17.6. The first kappa shape index (κ1) is 22.9. The van der Waals surface area contributed by atoms with Gasteiger partial charge in [-0.15, -0.1) is 5.10 Å². The minimum absolute atomic E-state index is 0. The summed E-state index contributed by atoms with van der Waals surface area (Å²) in [6.45, 7) is 5.02. The van der Waals surface area contributed by atoms with Crippen molar-refractivity contribution in [2.75, 3.05) is 0 Å². The van der Waals surface area contributed by atoms with Crippen LogP contribution in [-0.2, 0) is 13.0 Å². The number of hydrogen-bond acceptors (Lipinski definition) is 5. The normalized spacial score (nSPS) is 10.9. The molecule has 0 atom stereocenters. The Morgan fingerprint density at radius 2 is 1.75 bits per heavy atom. The van der Waals surface area contributed by atoms with Gasteiger partial charge in [0, 0.05) is 18.2 Å². The Labute approximate surface area is 229 Å². The third-order valence-electron chi connectivity index (χ3n) is 5.52. The van der Waals surface area contributed by atoms with Crippen LogP contribution in [0, 0.1) is 6.92 Å². The number of tetrazole rings is 1. The van der Waals surface area contributed by atoms with Crippen molar-refractivity contribution >= 4 is 62.5 Å². The molecule has 5 aromatic rings. The molecule has 32 heavy (non-hydrogen) atoms. The fraction of sp³-hybridized carbons (Fsp3) is 0.208. The molecule has 0 saturated carbocycles. The number of rotatable bonds is 6. The Kier molecular flexibility index (Phi) is 7.27. The van der Waals surface area contributed by atoms with E-state index in [2.05, 4.69) is 74.4 Å². The predicted molar refractivity (Wildman–Crippen MR) is 128 cm³/mol. The van der Waals surface area contributed by atoms with Gasteiger partial charge in [0.2, 0.25) is 0 Å². The predicted octanol–water partition coefficient (Wildman–Crippen LogP) is 3.94. The van der Waals surface area contributed by atoms with Gasteiger partial charge in [0.15, 0.2) is 11.5 Å². The second-order valence-electron chi connectivity index (χ2n) is 7.66. The van der Waals surface area contributed by atoms with Crippen LogP contribution in [0.2, 0.25) is 0 Å². The topological polar surface area (TPSA) is 85.2 Å². The minimum atomic E-state index is 0. The van der Waals surface area contributed by atoms with Crippen LogP contribution in [0.25, 0.3) is 33.7 Å². The molecule has 0 bridgehead atoms. The van der Waals surface area contributed by atoms with Crippen molar-refractivity contribution in [1.29, 1.82) is 0 Å². The van der Waals surface area contributed by atoms with E-state index in [0.29, 0.717) is 5.82 Å². The standard InChI is InChI=1S/C24H23N7.K.H/c1-3-6-21-26-22-16(2)13-14-25-24(22)31(21)15-17-9-11-18(12-10-17)19-7-4-5-8-20(19)23-27-29-30-28-23;;/h4-5,7-14H,3,6,15H2,1-2H3,(H,27,28,29,30);;. The molecule has 0 aliphatic rings. The van der Waals surface area contributed by atoms with E-state index in [9.17, 15) is 0 Å². The zero-order chi connectivity index (χ0) is 21.2. The van der Waals surface area contributed by atoms with Crippen LogP contribution in [0.15, 0.2) is 60.8 Å². The average molecular weight is 450 g/mol. The summed E-state index contributed by atoms with van der Waals surface area (Å²) in [4.78, 5) is 9.51. The number of aromatic nitrogens is 7. The Morgan fingerprint density at radius 1 is 0.969 bits per heavy atom. The van der Waals surface area contributed by atoms with Crippen molar-refractivity contribution in [3.05, 3.63) is 77.7 Å². The van der Waals surface area contributed by atoms with Crippen LogP contribution in [0.5, 0.6) is 0 Å². The molecule has 0 fully saturated rings. The molecule has 8 heteroatoms. The number of fused-ring (bicyclic) bond motifs is 1. The van der Waals surface area contributed by atoms with Crippen LogP contribution in [0.4, 0.5) is 0 Å². The molecule has 0 spiro atoms. The van der Waals surface area contributed by atoms with Gasteiger partial charge in [-0.05, 0) is 52.1 Å². The van der Waals surface area contributed by atoms with Crippen LogP contribution in [0.3, 0.4) is 0 Å². The van der Waals surface area contributed by atoms with Gasteiger partial charge in [0.05, 0.1) is 6.54 Å². The second kappa shape index (κ2) is 10.1. The molecule has 5 rings (SSSR count). The van der Waals surface area contributed by atoms with Crippen molar-refractivity contribution in [1.82, 2.24) is 35.2 Å². The zero-order valence-corrected chi connectivity index (χ0v) is 17.6. The third kappa shape index (κ3) is 4.46. The van der Waals surface area contributed by atoms with Crippen molar-refractivity contribution in [2.24, 2.45) is 0 Å². The molecule has 0 radical (unpaired) electrons. The van der Waals surface area contributed by atoms with E-state index < -0.39 is 0 Å². The van der Waals surface area contributed by atoms with Crippen molar-refractivity contribution < 1.29 is 0 Å². The van der Waals surface area contributed by atoms with Crippen molar-refractivity contribution in [3.63, 3.8) is 0 Å². The molecule has 0 aliphatic carbocycles. The van der Waals surface area contributed by atoms with Gasteiger partial charge in [0.25, 0.3) is 0 Å². The average Bonchev–Trinajstić information content (AvgIpc) is 3.45. The molecular weight excluding hydrogens is 425 g/mol. The first-order valence-electron chi connectivity index (χ1n) is 10.5. The van der Waals surface area contributed by atoms with Gasteiger partial charge < -0.3 is 4.57 Å². The summed E-state index contributed by atoms with van der Waals surface area (Å²) in [7, 11) is 0. The van der Waals surface area contributed by atoms with E-state index in [-0.39, 0.29) is 51.4 Å². The van der Waals surface area contributed by atoms with E-state index in [0.717, 1.165) is 58.6 Å². The summed E-state index contributed by atoms with van der Waals surface area (Å²) in [5, 5.41) is 14.3. The van der Waals surface area contributed by atoms with Crippen LogP contribution < -0.4 is 0 Å². The fourth-order valence-corrected chi connectivity index (χ4v) is 3.95. The molecule has 0 unspecified atom stereocenters. The van der Waals surface area contributed by atoms with Crippen LogP contribution >= 0.6 is 0 Å². The molecule has 2 aromatic carbocycles. The van der Waals surface area contributed by atoms with E-state index >= 15 is 0 Å². The Morgan fingerprint density at radius 3 is 2.47 bits per heavy atom. The number of hydrogen-bond donors (Lipinski definition) is 1. The summed E-state index contributed by atoms with van der Waals surface area (Å²) in [5.74, 6) is 1.75. The summed E-state index contributed by atoms with van der Waals surface area (Å²) >= 11 is 0. The van der Waals surface area contributed by atoms with Gasteiger partial charge >= 0.3 is 51.4 Å². The van der Waals surface area contributed by atoms with Gasteiger partial charge in [-0.2, -0.15) is 0 Å². The van der Waals surface area contributed by atoms with E-state index in [1.54, 1.807) is 0 Å². The number of aromatic amines is 1.